The fourth-order valence-corrected chi connectivity index (χ4v) is 1.72. The summed E-state index contributed by atoms with van der Waals surface area (Å²) in [7, 11) is 0. The maximum absolute atomic E-state index is 14.0. The second-order valence-electron chi connectivity index (χ2n) is 4.37. The minimum atomic E-state index is -2.33. The van der Waals surface area contributed by atoms with Crippen molar-refractivity contribution in [1.29, 1.82) is 0 Å². The van der Waals surface area contributed by atoms with Gasteiger partial charge >= 0.3 is 5.97 Å². The fourth-order valence-electron chi connectivity index (χ4n) is 1.72. The summed E-state index contributed by atoms with van der Waals surface area (Å²) in [5, 5.41) is 8.79. The van der Waals surface area contributed by atoms with Crippen LogP contribution in [0.4, 0.5) is 4.39 Å². The Morgan fingerprint density at radius 1 is 1.36 bits per heavy atom. The van der Waals surface area contributed by atoms with Crippen molar-refractivity contribution in [3.63, 3.8) is 0 Å². The number of hydrogen-bond donors (Lipinski definition) is 1. The molecule has 0 spiro atoms. The summed E-state index contributed by atoms with van der Waals surface area (Å²) in [6.45, 7) is 4.13. The summed E-state index contributed by atoms with van der Waals surface area (Å²) in [4.78, 5) is 23.0. The van der Waals surface area contributed by atoms with Crippen molar-refractivity contribution in [2.24, 2.45) is 5.41 Å². The molecule has 1 aliphatic heterocycles. The van der Waals surface area contributed by atoms with E-state index in [2.05, 4.69) is 0 Å². The predicted octanol–water partition coefficient (Wildman–Crippen LogP) is 0.668. The molecule has 0 aromatic carbocycles. The van der Waals surface area contributed by atoms with Crippen molar-refractivity contribution in [3.05, 3.63) is 0 Å². The predicted molar refractivity (Wildman–Crippen MR) is 47.5 cm³/mol. The first-order valence-corrected chi connectivity index (χ1v) is 4.38. The van der Waals surface area contributed by atoms with Gasteiger partial charge in [0, 0.05) is 18.9 Å². The van der Waals surface area contributed by atoms with E-state index in [1.807, 2.05) is 0 Å². The van der Waals surface area contributed by atoms with Crippen molar-refractivity contribution in [1.82, 2.24) is 4.90 Å². The van der Waals surface area contributed by atoms with E-state index >= 15 is 0 Å². The van der Waals surface area contributed by atoms with Gasteiger partial charge in [-0.2, -0.15) is 0 Å². The van der Waals surface area contributed by atoms with E-state index < -0.39 is 17.1 Å². The van der Waals surface area contributed by atoms with E-state index in [0.29, 0.717) is 0 Å². The topological polar surface area (TPSA) is 57.6 Å². The van der Waals surface area contributed by atoms with Crippen LogP contribution in [-0.2, 0) is 9.59 Å². The van der Waals surface area contributed by atoms with Gasteiger partial charge < -0.3 is 10.0 Å². The maximum Gasteiger partial charge on any atom is 0.343 e. The van der Waals surface area contributed by atoms with Crippen molar-refractivity contribution in [2.75, 3.05) is 13.1 Å². The van der Waals surface area contributed by atoms with Gasteiger partial charge in [0.15, 0.2) is 0 Å². The first-order valence-electron chi connectivity index (χ1n) is 4.38. The molecule has 0 aromatic heterocycles. The smallest absolute Gasteiger partial charge is 0.343 e. The molecule has 1 amide bonds. The normalized spacial score (nSPS) is 30.4. The number of alkyl halides is 1. The van der Waals surface area contributed by atoms with Crippen LogP contribution in [-0.4, -0.2) is 40.6 Å². The highest BCUT2D eigenvalue weighted by Gasteiger charge is 2.59. The molecule has 1 N–H and O–H groups in total. The largest absolute Gasteiger partial charge is 0.479 e. The zero-order valence-electron chi connectivity index (χ0n) is 8.50. The zero-order valence-corrected chi connectivity index (χ0v) is 8.50. The lowest BCUT2D eigenvalue weighted by Crippen LogP contribution is -2.47. The zero-order chi connectivity index (χ0) is 11.1. The van der Waals surface area contributed by atoms with Crippen LogP contribution in [0.5, 0.6) is 0 Å². The molecule has 0 radical (unpaired) electrons. The number of amides is 1. The third-order valence-electron chi connectivity index (χ3n) is 2.85. The van der Waals surface area contributed by atoms with E-state index in [4.69, 9.17) is 5.11 Å². The van der Waals surface area contributed by atoms with Crippen molar-refractivity contribution < 1.29 is 19.1 Å². The van der Waals surface area contributed by atoms with Gasteiger partial charge in [-0.1, -0.05) is 13.8 Å². The van der Waals surface area contributed by atoms with Gasteiger partial charge in [0.2, 0.25) is 11.6 Å². The molecule has 4 nitrogen and oxygen atoms in total. The number of hydrogen-bond acceptors (Lipinski definition) is 2. The summed E-state index contributed by atoms with van der Waals surface area (Å²) < 4.78 is 14.0. The Balaban J connectivity index is 3.00. The van der Waals surface area contributed by atoms with E-state index in [9.17, 15) is 14.0 Å². The number of carboxylic acid groups (broad SMARTS) is 1. The van der Waals surface area contributed by atoms with Crippen molar-refractivity contribution >= 4 is 11.9 Å². The van der Waals surface area contributed by atoms with E-state index in [1.54, 1.807) is 0 Å². The van der Waals surface area contributed by atoms with Gasteiger partial charge in [0.05, 0.1) is 6.54 Å². The van der Waals surface area contributed by atoms with Crippen LogP contribution >= 0.6 is 0 Å². The number of carboxylic acids is 1. The number of halogens is 1. The van der Waals surface area contributed by atoms with Crippen LogP contribution in [0.2, 0.25) is 0 Å². The van der Waals surface area contributed by atoms with Crippen LogP contribution in [0.15, 0.2) is 0 Å². The molecule has 1 rings (SSSR count). The maximum atomic E-state index is 14.0. The molecule has 80 valence electrons. The van der Waals surface area contributed by atoms with E-state index in [-0.39, 0.29) is 19.0 Å². The van der Waals surface area contributed by atoms with Crippen molar-refractivity contribution in [2.45, 2.75) is 26.4 Å². The molecule has 14 heavy (non-hydrogen) atoms. The summed E-state index contributed by atoms with van der Waals surface area (Å²) in [6.07, 6.45) is 0. The fraction of sp³-hybridized carbons (Fsp3) is 0.778. The summed E-state index contributed by atoms with van der Waals surface area (Å²) in [5.41, 5.74) is -3.37. The van der Waals surface area contributed by atoms with Crippen molar-refractivity contribution in [3.8, 4) is 0 Å². The third-order valence-corrected chi connectivity index (χ3v) is 2.85. The Morgan fingerprint density at radius 3 is 2.07 bits per heavy atom. The Labute approximate surface area is 81.7 Å². The van der Waals surface area contributed by atoms with Gasteiger partial charge in [0.1, 0.15) is 0 Å². The molecule has 0 aromatic rings. The molecular weight excluding hydrogens is 189 g/mol. The summed E-state index contributed by atoms with van der Waals surface area (Å²) in [6, 6.07) is 0. The number of rotatable bonds is 1. The molecule has 1 saturated heterocycles. The SMILES string of the molecule is CC(=O)N1CC(C)(C)C(F)(C(=O)O)C1. The standard InChI is InChI=1S/C9H14FNO3/c1-6(12)11-4-8(2,3)9(10,5-11)7(13)14/h4-5H2,1-3H3,(H,13,14). The molecule has 1 fully saturated rings. The number of aliphatic carboxylic acids is 1. The van der Waals surface area contributed by atoms with Crippen LogP contribution in [0.1, 0.15) is 20.8 Å². The lowest BCUT2D eigenvalue weighted by molar-refractivity contribution is -0.156. The van der Waals surface area contributed by atoms with Gasteiger partial charge in [-0.3, -0.25) is 4.79 Å². The van der Waals surface area contributed by atoms with Gasteiger partial charge in [-0.25, -0.2) is 9.18 Å². The minimum absolute atomic E-state index is 0.144. The van der Waals surface area contributed by atoms with Crippen LogP contribution in [0.3, 0.4) is 0 Å². The quantitative estimate of drug-likeness (QED) is 0.681. The van der Waals surface area contributed by atoms with Gasteiger partial charge in [0.25, 0.3) is 0 Å². The van der Waals surface area contributed by atoms with Gasteiger partial charge in [-0.15, -0.1) is 0 Å². The van der Waals surface area contributed by atoms with E-state index in [0.717, 1.165) is 0 Å². The Kier molecular flexibility index (Phi) is 2.29. The molecule has 0 aliphatic carbocycles. The lowest BCUT2D eigenvalue weighted by Gasteiger charge is -2.27. The molecular formula is C9H14FNO3. The number of carbonyl (C=O) groups excluding carboxylic acids is 1. The Hall–Kier alpha value is -1.13. The second kappa shape index (κ2) is 2.93. The van der Waals surface area contributed by atoms with E-state index in [1.165, 1.54) is 25.7 Å². The molecule has 0 saturated carbocycles. The first-order chi connectivity index (χ1) is 6.21. The Morgan fingerprint density at radius 2 is 1.86 bits per heavy atom. The number of carbonyl (C=O) groups is 2. The molecule has 1 atom stereocenters. The average Bonchev–Trinajstić information content (AvgIpc) is 2.24. The molecule has 1 aliphatic rings. The minimum Gasteiger partial charge on any atom is -0.479 e. The molecule has 5 heteroatoms. The van der Waals surface area contributed by atoms with Crippen LogP contribution in [0.25, 0.3) is 0 Å². The summed E-state index contributed by atoms with van der Waals surface area (Å²) in [5.74, 6) is -1.79. The third kappa shape index (κ3) is 1.36. The average molecular weight is 203 g/mol. The lowest BCUT2D eigenvalue weighted by atomic mass is 9.79. The van der Waals surface area contributed by atoms with Gasteiger partial charge in [-0.05, 0) is 0 Å². The van der Waals surface area contributed by atoms with Crippen LogP contribution in [0, 0.1) is 5.41 Å². The number of nitrogens with zero attached hydrogens (tertiary/aromatic N) is 1. The highest BCUT2D eigenvalue weighted by molar-refractivity contribution is 5.82. The first kappa shape index (κ1) is 10.9. The molecule has 0 bridgehead atoms. The number of likely N-dealkylation sites (tertiary alicyclic amines) is 1. The Bertz CT molecular complexity index is 290. The molecule has 1 unspecified atom stereocenters. The second-order valence-corrected chi connectivity index (χ2v) is 4.37. The summed E-state index contributed by atoms with van der Waals surface area (Å²) >= 11 is 0. The monoisotopic (exact) mass is 203 g/mol. The highest BCUT2D eigenvalue weighted by Crippen LogP contribution is 2.42. The molecule has 1 heterocycles. The highest BCUT2D eigenvalue weighted by atomic mass is 19.1. The van der Waals surface area contributed by atoms with Crippen LogP contribution < -0.4 is 0 Å².